The minimum Gasteiger partial charge on any atom is -0.384 e. The number of hydrogen-bond donors (Lipinski definition) is 2. The molecule has 2 rings (SSSR count). The molecule has 0 bridgehead atoms. The van der Waals surface area contributed by atoms with Crippen LogP contribution in [0.1, 0.15) is 46.1 Å². The number of benzene rings is 1. The molecule has 1 aromatic carbocycles. The molecule has 6 heteroatoms. The lowest BCUT2D eigenvalue weighted by Crippen LogP contribution is -2.57. The number of likely N-dealkylation sites (tertiary alicyclic amines) is 1. The van der Waals surface area contributed by atoms with Crippen molar-refractivity contribution in [3.05, 3.63) is 34.9 Å². The SMILES string of the molecule is CC(C)(N)CC(=O)N1CC[C@](O)(c2ccc(Cl)cc2)C(C)(C)C1.Cl. The van der Waals surface area contributed by atoms with Crippen molar-refractivity contribution in [2.45, 2.75) is 51.7 Å². The summed E-state index contributed by atoms with van der Waals surface area (Å²) in [5.41, 5.74) is 4.84. The summed E-state index contributed by atoms with van der Waals surface area (Å²) in [4.78, 5) is 14.3. The number of amides is 1. The lowest BCUT2D eigenvalue weighted by atomic mass is 9.66. The number of nitrogens with two attached hydrogens (primary N) is 1. The number of aliphatic hydroxyl groups is 1. The first-order valence-corrected chi connectivity index (χ1v) is 8.37. The van der Waals surface area contributed by atoms with Gasteiger partial charge in [0.25, 0.3) is 0 Å². The molecule has 1 amide bonds. The van der Waals surface area contributed by atoms with Crippen LogP contribution < -0.4 is 5.73 Å². The van der Waals surface area contributed by atoms with E-state index in [9.17, 15) is 9.90 Å². The summed E-state index contributed by atoms with van der Waals surface area (Å²) in [5, 5.41) is 11.9. The quantitative estimate of drug-likeness (QED) is 0.852. The monoisotopic (exact) mass is 374 g/mol. The molecule has 1 fully saturated rings. The number of carbonyl (C=O) groups is 1. The second-order valence-corrected chi connectivity index (χ2v) is 8.42. The van der Waals surface area contributed by atoms with Crippen LogP contribution in [-0.2, 0) is 10.4 Å². The Morgan fingerprint density at radius 2 is 1.88 bits per heavy atom. The standard InChI is InChI=1S/C18H27ClN2O2.ClH/c1-16(2)12-21(15(22)11-17(3,4)20)10-9-18(16,23)13-5-7-14(19)8-6-13;/h5-8,23H,9-12,20H2,1-4H3;1H/t18-;/m0./s1. The average molecular weight is 375 g/mol. The fraction of sp³-hybridized carbons (Fsp3) is 0.611. The van der Waals surface area contributed by atoms with Crippen molar-refractivity contribution in [1.29, 1.82) is 0 Å². The maximum atomic E-state index is 12.4. The van der Waals surface area contributed by atoms with Gasteiger partial charge >= 0.3 is 0 Å². The number of rotatable bonds is 3. The van der Waals surface area contributed by atoms with Crippen molar-refractivity contribution in [3.8, 4) is 0 Å². The second kappa shape index (κ2) is 7.20. The van der Waals surface area contributed by atoms with Crippen LogP contribution in [0.3, 0.4) is 0 Å². The Morgan fingerprint density at radius 3 is 2.33 bits per heavy atom. The summed E-state index contributed by atoms with van der Waals surface area (Å²) in [5.74, 6) is 0.0451. The smallest absolute Gasteiger partial charge is 0.224 e. The van der Waals surface area contributed by atoms with Crippen LogP contribution in [0.15, 0.2) is 24.3 Å². The Hall–Kier alpha value is -0.810. The highest BCUT2D eigenvalue weighted by molar-refractivity contribution is 6.30. The number of piperidine rings is 1. The van der Waals surface area contributed by atoms with Crippen LogP contribution in [0.5, 0.6) is 0 Å². The van der Waals surface area contributed by atoms with E-state index in [1.165, 1.54) is 0 Å². The number of nitrogens with zero attached hydrogens (tertiary/aromatic N) is 1. The summed E-state index contributed by atoms with van der Waals surface area (Å²) in [6, 6.07) is 7.31. The zero-order valence-corrected chi connectivity index (χ0v) is 16.4. The maximum absolute atomic E-state index is 12.4. The van der Waals surface area contributed by atoms with Crippen LogP contribution in [-0.4, -0.2) is 34.5 Å². The highest BCUT2D eigenvalue weighted by atomic mass is 35.5. The largest absolute Gasteiger partial charge is 0.384 e. The van der Waals surface area contributed by atoms with Gasteiger partial charge in [-0.2, -0.15) is 0 Å². The van der Waals surface area contributed by atoms with Crippen molar-refractivity contribution < 1.29 is 9.90 Å². The third-order valence-corrected chi connectivity index (χ3v) is 4.98. The first kappa shape index (κ1) is 21.2. The summed E-state index contributed by atoms with van der Waals surface area (Å²) in [6.07, 6.45) is 0.806. The number of hydrogen-bond acceptors (Lipinski definition) is 3. The van der Waals surface area contributed by atoms with Gasteiger partial charge in [-0.3, -0.25) is 4.79 Å². The van der Waals surface area contributed by atoms with Gasteiger partial charge in [0, 0.05) is 35.5 Å². The van der Waals surface area contributed by atoms with E-state index < -0.39 is 16.6 Å². The summed E-state index contributed by atoms with van der Waals surface area (Å²) in [6.45, 7) is 8.72. The molecular formula is C18H28Cl2N2O2. The van der Waals surface area contributed by atoms with E-state index in [0.29, 0.717) is 31.0 Å². The van der Waals surface area contributed by atoms with Crippen LogP contribution >= 0.6 is 24.0 Å². The lowest BCUT2D eigenvalue weighted by Gasteiger charge is -2.51. The topological polar surface area (TPSA) is 66.6 Å². The molecule has 0 saturated carbocycles. The molecule has 1 saturated heterocycles. The molecule has 1 atom stereocenters. The second-order valence-electron chi connectivity index (χ2n) is 7.98. The van der Waals surface area contributed by atoms with E-state index >= 15 is 0 Å². The van der Waals surface area contributed by atoms with E-state index in [1.807, 2.05) is 44.7 Å². The van der Waals surface area contributed by atoms with E-state index in [-0.39, 0.29) is 18.3 Å². The molecular weight excluding hydrogens is 347 g/mol. The zero-order chi connectivity index (χ0) is 17.5. The molecule has 1 aliphatic heterocycles. The van der Waals surface area contributed by atoms with Gasteiger partial charge in [0.2, 0.25) is 5.91 Å². The Balaban J connectivity index is 0.00000288. The van der Waals surface area contributed by atoms with Crippen molar-refractivity contribution in [2.24, 2.45) is 11.1 Å². The summed E-state index contributed by atoms with van der Waals surface area (Å²) in [7, 11) is 0. The average Bonchev–Trinajstić information content (AvgIpc) is 2.40. The van der Waals surface area contributed by atoms with Crippen molar-refractivity contribution >= 4 is 29.9 Å². The van der Waals surface area contributed by atoms with Gasteiger partial charge in [-0.1, -0.05) is 37.6 Å². The molecule has 0 aromatic heterocycles. The van der Waals surface area contributed by atoms with E-state index in [1.54, 1.807) is 12.1 Å². The fourth-order valence-electron chi connectivity index (χ4n) is 3.30. The first-order valence-electron chi connectivity index (χ1n) is 8.00. The number of halogens is 2. The Bertz CT molecular complexity index is 582. The van der Waals surface area contributed by atoms with Gasteiger partial charge in [0.05, 0.1) is 5.60 Å². The molecule has 0 radical (unpaired) electrons. The van der Waals surface area contributed by atoms with Crippen LogP contribution in [0, 0.1) is 5.41 Å². The minimum absolute atomic E-state index is 0. The minimum atomic E-state index is -0.980. The molecule has 1 heterocycles. The van der Waals surface area contributed by atoms with Gasteiger partial charge < -0.3 is 15.7 Å². The third-order valence-electron chi connectivity index (χ3n) is 4.73. The Labute approximate surface area is 155 Å². The van der Waals surface area contributed by atoms with Crippen molar-refractivity contribution in [2.75, 3.05) is 13.1 Å². The summed E-state index contributed by atoms with van der Waals surface area (Å²) < 4.78 is 0. The van der Waals surface area contributed by atoms with Crippen molar-refractivity contribution in [1.82, 2.24) is 4.90 Å². The first-order chi connectivity index (χ1) is 10.4. The van der Waals surface area contributed by atoms with Gasteiger partial charge in [-0.25, -0.2) is 0 Å². The normalized spacial score (nSPS) is 23.5. The Morgan fingerprint density at radius 1 is 1.33 bits per heavy atom. The Kier molecular flexibility index (Phi) is 6.37. The summed E-state index contributed by atoms with van der Waals surface area (Å²) >= 11 is 5.95. The molecule has 0 unspecified atom stereocenters. The van der Waals surface area contributed by atoms with Crippen molar-refractivity contribution in [3.63, 3.8) is 0 Å². The third kappa shape index (κ3) is 4.42. The van der Waals surface area contributed by atoms with Gasteiger partial charge in [-0.05, 0) is 38.0 Å². The molecule has 0 aliphatic carbocycles. The highest BCUT2D eigenvalue weighted by Crippen LogP contribution is 2.46. The zero-order valence-electron chi connectivity index (χ0n) is 14.8. The van der Waals surface area contributed by atoms with Gasteiger partial charge in [0.1, 0.15) is 0 Å². The van der Waals surface area contributed by atoms with Crippen LogP contribution in [0.25, 0.3) is 0 Å². The highest BCUT2D eigenvalue weighted by Gasteiger charge is 2.49. The molecule has 1 aliphatic rings. The molecule has 24 heavy (non-hydrogen) atoms. The molecule has 0 spiro atoms. The fourth-order valence-corrected chi connectivity index (χ4v) is 3.42. The molecule has 3 N–H and O–H groups in total. The number of carbonyl (C=O) groups excluding carboxylic acids is 1. The predicted octanol–water partition coefficient (Wildman–Crippen LogP) is 3.34. The van der Waals surface area contributed by atoms with Gasteiger partial charge in [-0.15, -0.1) is 12.4 Å². The van der Waals surface area contributed by atoms with E-state index in [0.717, 1.165) is 5.56 Å². The maximum Gasteiger partial charge on any atom is 0.224 e. The van der Waals surface area contributed by atoms with Gasteiger partial charge in [0.15, 0.2) is 0 Å². The predicted molar refractivity (Wildman–Crippen MR) is 100 cm³/mol. The lowest BCUT2D eigenvalue weighted by molar-refractivity contribution is -0.153. The van der Waals surface area contributed by atoms with Crippen LogP contribution in [0.2, 0.25) is 5.02 Å². The molecule has 4 nitrogen and oxygen atoms in total. The molecule has 1 aromatic rings. The van der Waals surface area contributed by atoms with E-state index in [4.69, 9.17) is 17.3 Å². The molecule has 136 valence electrons. The van der Waals surface area contributed by atoms with Crippen LogP contribution in [0.4, 0.5) is 0 Å². The van der Waals surface area contributed by atoms with E-state index in [2.05, 4.69) is 0 Å².